The molecular weight excluding hydrogens is 136 g/mol. The van der Waals surface area contributed by atoms with E-state index in [1.165, 1.54) is 32.4 Å². The number of nitrogens with zero attached hydrogens (tertiary/aromatic N) is 2. The van der Waals surface area contributed by atoms with Gasteiger partial charge < -0.3 is 9.80 Å². The quantitative estimate of drug-likeness (QED) is 0.524. The fraction of sp³-hybridized carbons (Fsp3) is 1.00. The average Bonchev–Trinajstić information content (AvgIpc) is 1.87. The van der Waals surface area contributed by atoms with Gasteiger partial charge in [0.05, 0.1) is 0 Å². The molecule has 0 aliphatic carbocycles. The zero-order chi connectivity index (χ0) is 8.69. The van der Waals surface area contributed by atoms with Crippen LogP contribution >= 0.6 is 0 Å². The second-order valence-corrected chi connectivity index (χ2v) is 3.71. The third-order valence-corrected chi connectivity index (χ3v) is 1.58. The van der Waals surface area contributed by atoms with Crippen LogP contribution in [0.3, 0.4) is 0 Å². The van der Waals surface area contributed by atoms with Gasteiger partial charge in [-0.25, -0.2) is 0 Å². The van der Waals surface area contributed by atoms with Gasteiger partial charge in [0.1, 0.15) is 0 Å². The first kappa shape index (κ1) is 10.9. The highest BCUT2D eigenvalue weighted by Crippen LogP contribution is 2.04. The monoisotopic (exact) mass is 158 g/mol. The maximum Gasteiger partial charge on any atom is -0.00218 e. The fourth-order valence-corrected chi connectivity index (χ4v) is 1.05. The van der Waals surface area contributed by atoms with Gasteiger partial charge in [0.25, 0.3) is 0 Å². The van der Waals surface area contributed by atoms with Gasteiger partial charge in [0.15, 0.2) is 0 Å². The van der Waals surface area contributed by atoms with Crippen molar-refractivity contribution in [1.29, 1.82) is 0 Å². The van der Waals surface area contributed by atoms with Crippen LogP contribution in [0.5, 0.6) is 0 Å². The minimum atomic E-state index is 1.32. The minimum Gasteiger partial charge on any atom is -0.312 e. The summed E-state index contributed by atoms with van der Waals surface area (Å²) >= 11 is 0. The Balaban J connectivity index is 0.000000218. The van der Waals surface area contributed by atoms with Gasteiger partial charge in [0.2, 0.25) is 0 Å². The lowest BCUT2D eigenvalue weighted by atomic mass is 10.1. The van der Waals surface area contributed by atoms with Crippen molar-refractivity contribution in [3.8, 4) is 0 Å². The van der Waals surface area contributed by atoms with Gasteiger partial charge in [-0.3, -0.25) is 0 Å². The molecule has 0 bridgehead atoms. The van der Waals surface area contributed by atoms with Crippen LogP contribution in [-0.4, -0.2) is 51.1 Å². The van der Waals surface area contributed by atoms with E-state index in [1.807, 2.05) is 26.0 Å². The number of likely N-dealkylation sites (tertiary alicyclic amines) is 1. The van der Waals surface area contributed by atoms with Crippen LogP contribution in [0.15, 0.2) is 0 Å². The van der Waals surface area contributed by atoms with Crippen LogP contribution in [0.4, 0.5) is 0 Å². The molecule has 2 nitrogen and oxygen atoms in total. The largest absolute Gasteiger partial charge is 0.312 e. The summed E-state index contributed by atoms with van der Waals surface area (Å²) in [6, 6.07) is 0. The molecule has 1 saturated heterocycles. The van der Waals surface area contributed by atoms with Crippen molar-refractivity contribution in [2.45, 2.75) is 19.3 Å². The molecule has 0 radical (unpaired) electrons. The van der Waals surface area contributed by atoms with E-state index in [0.717, 1.165) is 0 Å². The first-order valence-corrected chi connectivity index (χ1v) is 4.42. The van der Waals surface area contributed by atoms with E-state index in [-0.39, 0.29) is 0 Å². The van der Waals surface area contributed by atoms with Crippen molar-refractivity contribution in [2.24, 2.45) is 0 Å². The van der Waals surface area contributed by atoms with Crippen molar-refractivity contribution in [3.63, 3.8) is 0 Å². The molecule has 0 aromatic rings. The zero-order valence-electron chi connectivity index (χ0n) is 8.43. The summed E-state index contributed by atoms with van der Waals surface area (Å²) in [4.78, 5) is 4.39. The molecule has 0 aromatic carbocycles. The first-order valence-electron chi connectivity index (χ1n) is 4.42. The SMILES string of the molecule is CN(C)C.CN1CCCCC1. The number of hydrogen-bond donors (Lipinski definition) is 0. The molecular formula is C9H22N2. The lowest BCUT2D eigenvalue weighted by Crippen LogP contribution is -2.24. The molecule has 11 heavy (non-hydrogen) atoms. The predicted octanol–water partition coefficient (Wildman–Crippen LogP) is 1.28. The summed E-state index contributed by atoms with van der Waals surface area (Å²) in [6.07, 6.45) is 4.28. The summed E-state index contributed by atoms with van der Waals surface area (Å²) in [7, 11) is 8.19. The van der Waals surface area contributed by atoms with Crippen LogP contribution in [0.25, 0.3) is 0 Å². The number of rotatable bonds is 0. The Kier molecular flexibility index (Phi) is 6.57. The third-order valence-electron chi connectivity index (χ3n) is 1.58. The first-order chi connectivity index (χ1) is 5.13. The highest BCUT2D eigenvalue weighted by atomic mass is 15.1. The highest BCUT2D eigenvalue weighted by Gasteiger charge is 2.02. The topological polar surface area (TPSA) is 6.48 Å². The molecule has 0 aromatic heterocycles. The Labute approximate surface area is 71.2 Å². The van der Waals surface area contributed by atoms with Gasteiger partial charge in [-0.15, -0.1) is 0 Å². The molecule has 0 amide bonds. The van der Waals surface area contributed by atoms with Gasteiger partial charge in [-0.05, 0) is 54.1 Å². The van der Waals surface area contributed by atoms with Gasteiger partial charge in [-0.2, -0.15) is 0 Å². The van der Waals surface area contributed by atoms with Crippen LogP contribution in [0.1, 0.15) is 19.3 Å². The summed E-state index contributed by atoms with van der Waals surface area (Å²) in [5.74, 6) is 0. The van der Waals surface area contributed by atoms with Crippen LogP contribution in [0.2, 0.25) is 0 Å². The van der Waals surface area contributed by atoms with E-state index in [9.17, 15) is 0 Å². The molecule has 1 aliphatic heterocycles. The molecule has 0 unspecified atom stereocenters. The molecule has 1 heterocycles. The average molecular weight is 158 g/mol. The third kappa shape index (κ3) is 9.92. The summed E-state index contributed by atoms with van der Waals surface area (Å²) in [5, 5.41) is 0. The maximum atomic E-state index is 2.39. The van der Waals surface area contributed by atoms with Gasteiger partial charge >= 0.3 is 0 Å². The molecule has 0 saturated carbocycles. The Bertz CT molecular complexity index is 72.9. The van der Waals surface area contributed by atoms with E-state index in [1.54, 1.807) is 0 Å². The molecule has 1 rings (SSSR count). The second-order valence-electron chi connectivity index (χ2n) is 3.71. The molecule has 1 fully saturated rings. The normalized spacial score (nSPS) is 19.4. The summed E-state index contributed by atoms with van der Waals surface area (Å²) in [5.41, 5.74) is 0. The van der Waals surface area contributed by atoms with E-state index >= 15 is 0 Å². The summed E-state index contributed by atoms with van der Waals surface area (Å²) < 4.78 is 0. The van der Waals surface area contributed by atoms with Crippen LogP contribution < -0.4 is 0 Å². The van der Waals surface area contributed by atoms with E-state index in [0.29, 0.717) is 0 Å². The van der Waals surface area contributed by atoms with Crippen molar-refractivity contribution < 1.29 is 0 Å². The van der Waals surface area contributed by atoms with E-state index < -0.39 is 0 Å². The zero-order valence-corrected chi connectivity index (χ0v) is 8.43. The van der Waals surface area contributed by atoms with E-state index in [4.69, 9.17) is 0 Å². The molecule has 0 atom stereocenters. The number of hydrogen-bond acceptors (Lipinski definition) is 2. The Morgan fingerprint density at radius 1 is 0.909 bits per heavy atom. The molecule has 1 aliphatic rings. The second kappa shape index (κ2) is 6.62. The van der Waals surface area contributed by atoms with Crippen LogP contribution in [0, 0.1) is 0 Å². The highest BCUT2D eigenvalue weighted by molar-refractivity contribution is 4.58. The number of piperidine rings is 1. The Morgan fingerprint density at radius 2 is 1.27 bits per heavy atom. The van der Waals surface area contributed by atoms with Crippen molar-refractivity contribution in [3.05, 3.63) is 0 Å². The fourth-order valence-electron chi connectivity index (χ4n) is 1.05. The smallest absolute Gasteiger partial charge is 0.00218 e. The Morgan fingerprint density at radius 3 is 1.45 bits per heavy atom. The van der Waals surface area contributed by atoms with Crippen molar-refractivity contribution in [2.75, 3.05) is 41.3 Å². The van der Waals surface area contributed by atoms with Crippen molar-refractivity contribution in [1.82, 2.24) is 9.80 Å². The summed E-state index contributed by atoms with van der Waals surface area (Å²) in [6.45, 7) is 2.64. The standard InChI is InChI=1S/C6H13N.C3H9N/c1-7-5-3-2-4-6-7;1-4(2)3/h2-6H2,1H3;1-3H3. The maximum absolute atomic E-state index is 2.39. The van der Waals surface area contributed by atoms with E-state index in [2.05, 4.69) is 11.9 Å². The molecule has 2 heteroatoms. The predicted molar refractivity (Wildman–Crippen MR) is 51.0 cm³/mol. The molecule has 0 spiro atoms. The van der Waals surface area contributed by atoms with Gasteiger partial charge in [-0.1, -0.05) is 6.42 Å². The minimum absolute atomic E-state index is 1.32. The van der Waals surface area contributed by atoms with Crippen LogP contribution in [-0.2, 0) is 0 Å². The molecule has 0 N–H and O–H groups in total. The molecule has 68 valence electrons. The van der Waals surface area contributed by atoms with Crippen molar-refractivity contribution >= 4 is 0 Å². The Hall–Kier alpha value is -0.0800. The lowest BCUT2D eigenvalue weighted by Gasteiger charge is -2.20. The lowest BCUT2D eigenvalue weighted by molar-refractivity contribution is 0.277. The van der Waals surface area contributed by atoms with Gasteiger partial charge in [0, 0.05) is 0 Å².